The van der Waals surface area contributed by atoms with Crippen LogP contribution in [0.25, 0.3) is 22.2 Å². The van der Waals surface area contributed by atoms with E-state index in [1.54, 1.807) is 0 Å². The average molecular weight is 363 g/mol. The van der Waals surface area contributed by atoms with Crippen molar-refractivity contribution in [3.8, 4) is 11.1 Å². The van der Waals surface area contributed by atoms with E-state index in [4.69, 9.17) is 4.74 Å². The zero-order valence-electron chi connectivity index (χ0n) is 15.0. The third-order valence-electron chi connectivity index (χ3n) is 5.33. The van der Waals surface area contributed by atoms with Crippen LogP contribution in [0.15, 0.2) is 36.8 Å². The smallest absolute Gasteiger partial charge is 0.233 e. The summed E-state index contributed by atoms with van der Waals surface area (Å²) in [7, 11) is 0. The molecule has 2 aliphatic heterocycles. The first-order chi connectivity index (χ1) is 13.3. The Kier molecular flexibility index (Phi) is 4.10. The SMILES string of the molecule is O=C1Cc2ncc(-c3cnc4[nH]ccc4c3)cc2N1CCN1CCOCC1. The number of carbonyl (C=O) groups excluding carboxylic acids is 1. The fraction of sp³-hybridized carbons (Fsp3) is 0.350. The van der Waals surface area contributed by atoms with Gasteiger partial charge in [0, 0.05) is 61.3 Å². The first kappa shape index (κ1) is 16.4. The van der Waals surface area contributed by atoms with E-state index in [-0.39, 0.29) is 5.91 Å². The first-order valence-electron chi connectivity index (χ1n) is 9.31. The molecule has 0 unspecified atom stereocenters. The van der Waals surface area contributed by atoms with E-state index in [1.807, 2.05) is 29.6 Å². The minimum Gasteiger partial charge on any atom is -0.379 e. The lowest BCUT2D eigenvalue weighted by Crippen LogP contribution is -2.42. The number of nitrogens with zero attached hydrogens (tertiary/aromatic N) is 4. The largest absolute Gasteiger partial charge is 0.379 e. The van der Waals surface area contributed by atoms with Gasteiger partial charge in [-0.3, -0.25) is 14.7 Å². The van der Waals surface area contributed by atoms with Crippen LogP contribution in [0.4, 0.5) is 5.69 Å². The topological polar surface area (TPSA) is 74.4 Å². The number of aromatic amines is 1. The maximum absolute atomic E-state index is 12.5. The van der Waals surface area contributed by atoms with E-state index in [0.29, 0.717) is 13.0 Å². The van der Waals surface area contributed by atoms with Crippen LogP contribution in [0, 0.1) is 0 Å². The molecule has 1 amide bonds. The molecule has 138 valence electrons. The molecule has 2 aliphatic rings. The molecule has 1 N–H and O–H groups in total. The average Bonchev–Trinajstić information content (AvgIpc) is 3.29. The van der Waals surface area contributed by atoms with Crippen LogP contribution in [0.1, 0.15) is 5.69 Å². The Morgan fingerprint density at radius 3 is 2.78 bits per heavy atom. The lowest BCUT2D eigenvalue weighted by atomic mass is 10.1. The number of hydrogen-bond donors (Lipinski definition) is 1. The molecule has 0 radical (unpaired) electrons. The Morgan fingerprint density at radius 1 is 1.07 bits per heavy atom. The number of H-pyrrole nitrogens is 1. The number of anilines is 1. The van der Waals surface area contributed by atoms with Crippen LogP contribution < -0.4 is 4.90 Å². The van der Waals surface area contributed by atoms with Gasteiger partial charge in [-0.2, -0.15) is 0 Å². The van der Waals surface area contributed by atoms with E-state index in [9.17, 15) is 4.79 Å². The molecule has 0 bridgehead atoms. The van der Waals surface area contributed by atoms with Crippen molar-refractivity contribution < 1.29 is 9.53 Å². The molecule has 0 atom stereocenters. The van der Waals surface area contributed by atoms with Gasteiger partial charge in [0.2, 0.25) is 5.91 Å². The number of ether oxygens (including phenoxy) is 1. The molecule has 1 fully saturated rings. The third-order valence-corrected chi connectivity index (χ3v) is 5.33. The zero-order valence-corrected chi connectivity index (χ0v) is 15.0. The molecule has 3 aromatic heterocycles. The first-order valence-corrected chi connectivity index (χ1v) is 9.31. The highest BCUT2D eigenvalue weighted by molar-refractivity contribution is 6.01. The van der Waals surface area contributed by atoms with Crippen LogP contribution >= 0.6 is 0 Å². The Labute approximate surface area is 157 Å². The Bertz CT molecular complexity index is 993. The summed E-state index contributed by atoms with van der Waals surface area (Å²) in [6, 6.07) is 6.17. The maximum Gasteiger partial charge on any atom is 0.233 e. The highest BCUT2D eigenvalue weighted by atomic mass is 16.5. The second-order valence-electron chi connectivity index (χ2n) is 7.01. The van der Waals surface area contributed by atoms with Crippen molar-refractivity contribution in [3.63, 3.8) is 0 Å². The van der Waals surface area contributed by atoms with Crippen molar-refractivity contribution >= 4 is 22.6 Å². The third kappa shape index (κ3) is 3.09. The van der Waals surface area contributed by atoms with Gasteiger partial charge in [0.25, 0.3) is 0 Å². The van der Waals surface area contributed by atoms with E-state index < -0.39 is 0 Å². The molecule has 27 heavy (non-hydrogen) atoms. The van der Waals surface area contributed by atoms with Crippen molar-refractivity contribution in [3.05, 3.63) is 42.5 Å². The van der Waals surface area contributed by atoms with Gasteiger partial charge in [-0.05, 0) is 18.2 Å². The molecule has 5 heterocycles. The molecule has 0 aliphatic carbocycles. The number of amides is 1. The quantitative estimate of drug-likeness (QED) is 0.766. The Morgan fingerprint density at radius 2 is 1.89 bits per heavy atom. The van der Waals surface area contributed by atoms with Gasteiger partial charge in [-0.15, -0.1) is 0 Å². The predicted molar refractivity (Wildman–Crippen MR) is 103 cm³/mol. The van der Waals surface area contributed by atoms with Crippen LogP contribution in [-0.4, -0.2) is 65.2 Å². The van der Waals surface area contributed by atoms with Gasteiger partial charge >= 0.3 is 0 Å². The fourth-order valence-electron chi connectivity index (χ4n) is 3.79. The zero-order chi connectivity index (χ0) is 18.2. The summed E-state index contributed by atoms with van der Waals surface area (Å²) < 4.78 is 5.40. The van der Waals surface area contributed by atoms with E-state index in [1.165, 1.54) is 0 Å². The van der Waals surface area contributed by atoms with E-state index >= 15 is 0 Å². The Balaban J connectivity index is 1.41. The lowest BCUT2D eigenvalue weighted by Gasteiger charge is -2.28. The predicted octanol–water partition coefficient (Wildman–Crippen LogP) is 1.85. The van der Waals surface area contributed by atoms with E-state index in [0.717, 1.165) is 66.4 Å². The molecular weight excluding hydrogens is 342 g/mol. The summed E-state index contributed by atoms with van der Waals surface area (Å²) in [5.41, 5.74) is 4.65. The van der Waals surface area contributed by atoms with Crippen LogP contribution in [0.5, 0.6) is 0 Å². The molecule has 0 saturated carbocycles. The van der Waals surface area contributed by atoms with Gasteiger partial charge < -0.3 is 14.6 Å². The van der Waals surface area contributed by atoms with Crippen molar-refractivity contribution in [2.24, 2.45) is 0 Å². The molecule has 0 aromatic carbocycles. The molecule has 1 saturated heterocycles. The van der Waals surface area contributed by atoms with E-state index in [2.05, 4.69) is 32.0 Å². The van der Waals surface area contributed by atoms with Crippen LogP contribution in [-0.2, 0) is 16.0 Å². The van der Waals surface area contributed by atoms with Gasteiger partial charge in [0.1, 0.15) is 5.65 Å². The monoisotopic (exact) mass is 363 g/mol. The van der Waals surface area contributed by atoms with Crippen molar-refractivity contribution in [1.82, 2.24) is 19.9 Å². The second-order valence-corrected chi connectivity index (χ2v) is 7.01. The molecule has 7 heteroatoms. The molecule has 0 spiro atoms. The number of fused-ring (bicyclic) bond motifs is 2. The van der Waals surface area contributed by atoms with Crippen molar-refractivity contribution in [2.45, 2.75) is 6.42 Å². The minimum absolute atomic E-state index is 0.127. The number of carbonyl (C=O) groups is 1. The van der Waals surface area contributed by atoms with Crippen LogP contribution in [0.2, 0.25) is 0 Å². The minimum atomic E-state index is 0.127. The summed E-state index contributed by atoms with van der Waals surface area (Å²) in [5, 5.41) is 1.06. The lowest BCUT2D eigenvalue weighted by molar-refractivity contribution is -0.117. The summed E-state index contributed by atoms with van der Waals surface area (Å²) in [6.07, 6.45) is 5.95. The van der Waals surface area contributed by atoms with Gasteiger partial charge in [0.05, 0.1) is 31.0 Å². The normalized spacial score (nSPS) is 17.6. The van der Waals surface area contributed by atoms with Crippen LogP contribution in [0.3, 0.4) is 0 Å². The number of pyridine rings is 2. The number of morpholine rings is 1. The second kappa shape index (κ2) is 6.75. The highest BCUT2D eigenvalue weighted by Crippen LogP contribution is 2.32. The Hall–Kier alpha value is -2.77. The molecule has 7 nitrogen and oxygen atoms in total. The molecule has 5 rings (SSSR count). The standard InChI is InChI=1S/C20H21N5O2/c26-19-11-17-18(25(19)4-3-24-5-7-27-8-6-24)10-16(12-22-17)15-9-14-1-2-21-20(14)23-13-15/h1-2,9-10,12-13H,3-8,11H2,(H,21,23). The molecular formula is C20H21N5O2. The fourth-order valence-corrected chi connectivity index (χ4v) is 3.79. The summed E-state index contributed by atoms with van der Waals surface area (Å²) in [4.78, 5) is 28.9. The summed E-state index contributed by atoms with van der Waals surface area (Å²) >= 11 is 0. The highest BCUT2D eigenvalue weighted by Gasteiger charge is 2.29. The summed E-state index contributed by atoms with van der Waals surface area (Å²) in [5.74, 6) is 0.127. The van der Waals surface area contributed by atoms with Crippen molar-refractivity contribution in [1.29, 1.82) is 0 Å². The maximum atomic E-state index is 12.5. The number of rotatable bonds is 4. The van der Waals surface area contributed by atoms with Gasteiger partial charge in [0.15, 0.2) is 0 Å². The van der Waals surface area contributed by atoms with Gasteiger partial charge in [-0.1, -0.05) is 0 Å². The number of aromatic nitrogens is 3. The summed E-state index contributed by atoms with van der Waals surface area (Å²) in [6.45, 7) is 4.93. The van der Waals surface area contributed by atoms with Gasteiger partial charge in [-0.25, -0.2) is 4.98 Å². The number of hydrogen-bond acceptors (Lipinski definition) is 5. The van der Waals surface area contributed by atoms with Crippen molar-refractivity contribution in [2.75, 3.05) is 44.3 Å². The molecule has 3 aromatic rings. The number of nitrogens with one attached hydrogen (secondary N) is 1.